The van der Waals surface area contributed by atoms with Gasteiger partial charge in [0.05, 0.1) is 12.6 Å². The fourth-order valence-electron chi connectivity index (χ4n) is 2.47. The zero-order valence-corrected chi connectivity index (χ0v) is 13.5. The molecule has 0 spiro atoms. The second-order valence-electron chi connectivity index (χ2n) is 5.54. The molecule has 1 unspecified atom stereocenters. The fraction of sp³-hybridized carbons (Fsp3) is 0.316. The van der Waals surface area contributed by atoms with Crippen molar-refractivity contribution in [2.45, 2.75) is 33.2 Å². The highest BCUT2D eigenvalue weighted by Crippen LogP contribution is 2.18. The summed E-state index contributed by atoms with van der Waals surface area (Å²) in [6.45, 7) is 6.50. The Labute approximate surface area is 132 Å². The number of amides is 1. The average molecular weight is 296 g/mol. The number of carbonyl (C=O) groups excluding carboxylic acids is 1. The average Bonchev–Trinajstić information content (AvgIpc) is 2.55. The molecule has 0 saturated heterocycles. The van der Waals surface area contributed by atoms with Gasteiger partial charge in [-0.1, -0.05) is 49.4 Å². The van der Waals surface area contributed by atoms with Crippen molar-refractivity contribution in [3.05, 3.63) is 65.2 Å². The van der Waals surface area contributed by atoms with Crippen LogP contribution >= 0.6 is 0 Å². The molecule has 2 N–H and O–H groups in total. The summed E-state index contributed by atoms with van der Waals surface area (Å²) in [6.07, 6.45) is 0.874. The monoisotopic (exact) mass is 296 g/mol. The highest BCUT2D eigenvalue weighted by atomic mass is 16.1. The molecule has 0 saturated carbocycles. The topological polar surface area (TPSA) is 41.1 Å². The van der Waals surface area contributed by atoms with E-state index in [1.165, 1.54) is 11.1 Å². The van der Waals surface area contributed by atoms with E-state index in [0.29, 0.717) is 0 Å². The first kappa shape index (κ1) is 16.1. The zero-order valence-electron chi connectivity index (χ0n) is 13.5. The van der Waals surface area contributed by atoms with E-state index in [2.05, 4.69) is 37.5 Å². The summed E-state index contributed by atoms with van der Waals surface area (Å²) >= 11 is 0. The van der Waals surface area contributed by atoms with Crippen molar-refractivity contribution in [1.82, 2.24) is 5.32 Å². The first-order valence-electron chi connectivity index (χ1n) is 7.76. The SMILES string of the molecule is CCC(NC(=O)CNc1cccc(C)c1C)c1ccccc1. The lowest BCUT2D eigenvalue weighted by Crippen LogP contribution is -2.33. The second-order valence-corrected chi connectivity index (χ2v) is 5.54. The van der Waals surface area contributed by atoms with Crippen LogP contribution in [0.3, 0.4) is 0 Å². The van der Waals surface area contributed by atoms with Crippen LogP contribution in [0, 0.1) is 13.8 Å². The van der Waals surface area contributed by atoms with Crippen LogP contribution in [-0.2, 0) is 4.79 Å². The first-order chi connectivity index (χ1) is 10.6. The van der Waals surface area contributed by atoms with Gasteiger partial charge in [-0.3, -0.25) is 4.79 Å². The van der Waals surface area contributed by atoms with Crippen molar-refractivity contribution in [2.75, 3.05) is 11.9 Å². The van der Waals surface area contributed by atoms with E-state index in [9.17, 15) is 4.79 Å². The van der Waals surface area contributed by atoms with Gasteiger partial charge in [-0.15, -0.1) is 0 Å². The van der Waals surface area contributed by atoms with Crippen LogP contribution < -0.4 is 10.6 Å². The standard InChI is InChI=1S/C19H24N2O/c1-4-17(16-10-6-5-7-11-16)21-19(22)13-20-18-12-8-9-14(2)15(18)3/h5-12,17,20H,4,13H2,1-3H3,(H,21,22). The largest absolute Gasteiger partial charge is 0.376 e. The smallest absolute Gasteiger partial charge is 0.239 e. The zero-order chi connectivity index (χ0) is 15.9. The van der Waals surface area contributed by atoms with Crippen molar-refractivity contribution in [2.24, 2.45) is 0 Å². The molecule has 0 bridgehead atoms. The van der Waals surface area contributed by atoms with Crippen molar-refractivity contribution in [3.8, 4) is 0 Å². The van der Waals surface area contributed by atoms with Crippen molar-refractivity contribution in [1.29, 1.82) is 0 Å². The summed E-state index contributed by atoms with van der Waals surface area (Å²) in [4.78, 5) is 12.2. The Morgan fingerprint density at radius 1 is 1.05 bits per heavy atom. The fourth-order valence-corrected chi connectivity index (χ4v) is 2.47. The normalized spacial score (nSPS) is 11.8. The molecule has 0 aliphatic carbocycles. The van der Waals surface area contributed by atoms with Gasteiger partial charge in [-0.25, -0.2) is 0 Å². The Morgan fingerprint density at radius 2 is 1.77 bits per heavy atom. The van der Waals surface area contributed by atoms with Crippen LogP contribution in [-0.4, -0.2) is 12.5 Å². The van der Waals surface area contributed by atoms with E-state index >= 15 is 0 Å². The van der Waals surface area contributed by atoms with Crippen LogP contribution in [0.25, 0.3) is 0 Å². The molecule has 0 radical (unpaired) electrons. The van der Waals surface area contributed by atoms with Gasteiger partial charge in [0.15, 0.2) is 0 Å². The minimum absolute atomic E-state index is 0.0107. The molecular formula is C19H24N2O. The minimum Gasteiger partial charge on any atom is -0.376 e. The molecule has 0 fully saturated rings. The number of hydrogen-bond acceptors (Lipinski definition) is 2. The summed E-state index contributed by atoms with van der Waals surface area (Å²) in [6, 6.07) is 16.2. The Bertz CT molecular complexity index is 623. The number of aryl methyl sites for hydroxylation is 1. The molecule has 0 heterocycles. The Balaban J connectivity index is 1.93. The van der Waals surface area contributed by atoms with Crippen LogP contribution in [0.1, 0.15) is 36.1 Å². The molecule has 2 aromatic carbocycles. The van der Waals surface area contributed by atoms with E-state index in [1.54, 1.807) is 0 Å². The maximum absolute atomic E-state index is 12.2. The Kier molecular flexibility index (Phi) is 5.59. The molecule has 3 heteroatoms. The summed E-state index contributed by atoms with van der Waals surface area (Å²) < 4.78 is 0. The lowest BCUT2D eigenvalue weighted by molar-refractivity contribution is -0.120. The molecular weight excluding hydrogens is 272 g/mol. The van der Waals surface area contributed by atoms with Crippen LogP contribution in [0.15, 0.2) is 48.5 Å². The molecule has 0 aliphatic rings. The summed E-state index contributed by atoms with van der Waals surface area (Å²) in [5.41, 5.74) is 4.57. The van der Waals surface area contributed by atoms with Gasteiger partial charge >= 0.3 is 0 Å². The molecule has 2 rings (SSSR count). The summed E-state index contributed by atoms with van der Waals surface area (Å²) in [7, 11) is 0. The molecule has 1 amide bonds. The Morgan fingerprint density at radius 3 is 2.45 bits per heavy atom. The molecule has 22 heavy (non-hydrogen) atoms. The Hall–Kier alpha value is -2.29. The highest BCUT2D eigenvalue weighted by Gasteiger charge is 2.12. The molecule has 0 aliphatic heterocycles. The van der Waals surface area contributed by atoms with Crippen molar-refractivity contribution < 1.29 is 4.79 Å². The van der Waals surface area contributed by atoms with Gasteiger partial charge in [0.25, 0.3) is 0 Å². The first-order valence-corrected chi connectivity index (χ1v) is 7.76. The predicted molar refractivity (Wildman–Crippen MR) is 92.0 cm³/mol. The number of benzene rings is 2. The maximum Gasteiger partial charge on any atom is 0.239 e. The predicted octanol–water partition coefficient (Wildman–Crippen LogP) is 3.98. The van der Waals surface area contributed by atoms with Gasteiger partial charge in [0, 0.05) is 5.69 Å². The van der Waals surface area contributed by atoms with Crippen molar-refractivity contribution in [3.63, 3.8) is 0 Å². The maximum atomic E-state index is 12.2. The minimum atomic E-state index is 0.0107. The molecule has 2 aromatic rings. The van der Waals surface area contributed by atoms with E-state index < -0.39 is 0 Å². The van der Waals surface area contributed by atoms with E-state index in [-0.39, 0.29) is 18.5 Å². The molecule has 0 aromatic heterocycles. The van der Waals surface area contributed by atoms with Crippen LogP contribution in [0.4, 0.5) is 5.69 Å². The van der Waals surface area contributed by atoms with Crippen LogP contribution in [0.5, 0.6) is 0 Å². The second kappa shape index (κ2) is 7.64. The third-order valence-electron chi connectivity index (χ3n) is 3.99. The highest BCUT2D eigenvalue weighted by molar-refractivity contribution is 5.81. The van der Waals surface area contributed by atoms with Gasteiger partial charge in [0.1, 0.15) is 0 Å². The number of anilines is 1. The number of carbonyl (C=O) groups is 1. The lowest BCUT2D eigenvalue weighted by atomic mass is 10.0. The molecule has 1 atom stereocenters. The number of hydrogen-bond donors (Lipinski definition) is 2. The third kappa shape index (κ3) is 4.10. The van der Waals surface area contributed by atoms with Gasteiger partial charge in [-0.05, 0) is 43.0 Å². The van der Waals surface area contributed by atoms with Gasteiger partial charge in [0.2, 0.25) is 5.91 Å². The summed E-state index contributed by atoms with van der Waals surface area (Å²) in [5.74, 6) is 0.0107. The lowest BCUT2D eigenvalue weighted by Gasteiger charge is -2.18. The molecule has 3 nitrogen and oxygen atoms in total. The van der Waals surface area contributed by atoms with Gasteiger partial charge in [-0.2, -0.15) is 0 Å². The third-order valence-corrected chi connectivity index (χ3v) is 3.99. The molecule has 116 valence electrons. The number of nitrogens with one attached hydrogen (secondary N) is 2. The van der Waals surface area contributed by atoms with Gasteiger partial charge < -0.3 is 10.6 Å². The summed E-state index contributed by atoms with van der Waals surface area (Å²) in [5, 5.41) is 6.31. The van der Waals surface area contributed by atoms with E-state index in [4.69, 9.17) is 0 Å². The van der Waals surface area contributed by atoms with Crippen molar-refractivity contribution >= 4 is 11.6 Å². The van der Waals surface area contributed by atoms with E-state index in [0.717, 1.165) is 17.7 Å². The quantitative estimate of drug-likeness (QED) is 0.846. The van der Waals surface area contributed by atoms with Crippen LogP contribution in [0.2, 0.25) is 0 Å². The number of rotatable bonds is 6. The van der Waals surface area contributed by atoms with E-state index in [1.807, 2.05) is 42.5 Å².